The second-order valence-electron chi connectivity index (χ2n) is 4.35. The fourth-order valence-corrected chi connectivity index (χ4v) is 3.99. The highest BCUT2D eigenvalue weighted by molar-refractivity contribution is 7.89. The molecule has 0 amide bonds. The second-order valence-corrected chi connectivity index (χ2v) is 7.05. The van der Waals surface area contributed by atoms with Crippen molar-refractivity contribution in [3.8, 4) is 0 Å². The Morgan fingerprint density at radius 1 is 1.19 bits per heavy atom. The lowest BCUT2D eigenvalue weighted by Crippen LogP contribution is -2.30. The number of sulfonamides is 1. The van der Waals surface area contributed by atoms with Gasteiger partial charge in [0.05, 0.1) is 0 Å². The van der Waals surface area contributed by atoms with E-state index in [0.717, 1.165) is 5.56 Å². The Kier molecular flexibility index (Phi) is 5.22. The van der Waals surface area contributed by atoms with E-state index in [4.69, 9.17) is 23.2 Å². The average molecular weight is 345 g/mol. The van der Waals surface area contributed by atoms with Crippen LogP contribution in [-0.2, 0) is 16.6 Å². The van der Waals surface area contributed by atoms with E-state index in [1.165, 1.54) is 16.6 Å². The number of rotatable bonds is 5. The molecule has 1 aromatic heterocycles. The Hall–Kier alpha value is -1.14. The number of hydrogen-bond donors (Lipinski definition) is 0. The highest BCUT2D eigenvalue weighted by Gasteiger charge is 2.26. The minimum absolute atomic E-state index is 0.00976. The van der Waals surface area contributed by atoms with Gasteiger partial charge in [-0.3, -0.25) is 0 Å². The Balaban J connectivity index is 2.35. The summed E-state index contributed by atoms with van der Waals surface area (Å²) in [6.45, 7) is 2.32. The zero-order valence-corrected chi connectivity index (χ0v) is 13.7. The molecular weight excluding hydrogens is 331 g/mol. The molecule has 0 saturated carbocycles. The van der Waals surface area contributed by atoms with Crippen molar-refractivity contribution in [3.63, 3.8) is 0 Å². The topological polar surface area (TPSA) is 50.3 Å². The number of nitrogens with zero attached hydrogens (tertiary/aromatic N) is 2. The molecular formula is C14H14Cl2N2O2S. The van der Waals surface area contributed by atoms with Crippen molar-refractivity contribution in [2.45, 2.75) is 18.4 Å². The van der Waals surface area contributed by atoms with Gasteiger partial charge in [0.2, 0.25) is 10.0 Å². The number of aromatic nitrogens is 1. The van der Waals surface area contributed by atoms with Gasteiger partial charge in [-0.15, -0.1) is 0 Å². The van der Waals surface area contributed by atoms with Gasteiger partial charge in [-0.1, -0.05) is 42.3 Å². The van der Waals surface area contributed by atoms with Gasteiger partial charge in [0.1, 0.15) is 10.0 Å². The monoisotopic (exact) mass is 344 g/mol. The van der Waals surface area contributed by atoms with E-state index in [2.05, 4.69) is 4.98 Å². The van der Waals surface area contributed by atoms with Gasteiger partial charge in [0.25, 0.3) is 0 Å². The third-order valence-corrected chi connectivity index (χ3v) is 5.54. The van der Waals surface area contributed by atoms with Crippen molar-refractivity contribution < 1.29 is 8.42 Å². The first-order valence-electron chi connectivity index (χ1n) is 6.30. The molecule has 0 atom stereocenters. The van der Waals surface area contributed by atoms with E-state index < -0.39 is 10.0 Å². The van der Waals surface area contributed by atoms with Gasteiger partial charge in [0, 0.05) is 24.3 Å². The van der Waals surface area contributed by atoms with Crippen LogP contribution in [0.5, 0.6) is 0 Å². The van der Waals surface area contributed by atoms with Crippen molar-refractivity contribution in [2.24, 2.45) is 0 Å². The molecule has 1 aromatic carbocycles. The first-order chi connectivity index (χ1) is 9.95. The van der Waals surface area contributed by atoms with E-state index in [1.807, 2.05) is 6.07 Å². The summed E-state index contributed by atoms with van der Waals surface area (Å²) < 4.78 is 26.6. The fourth-order valence-electron chi connectivity index (χ4n) is 1.91. The van der Waals surface area contributed by atoms with Crippen LogP contribution in [0.2, 0.25) is 10.2 Å². The smallest absolute Gasteiger partial charge is 0.243 e. The molecule has 0 unspecified atom stereocenters. The Morgan fingerprint density at radius 3 is 2.57 bits per heavy atom. The first kappa shape index (κ1) is 16.2. The van der Waals surface area contributed by atoms with Gasteiger partial charge in [-0.25, -0.2) is 13.4 Å². The number of benzene rings is 1. The third-order valence-electron chi connectivity index (χ3n) is 2.94. The maximum Gasteiger partial charge on any atom is 0.246 e. The predicted octanol–water partition coefficient (Wildman–Crippen LogP) is 3.60. The van der Waals surface area contributed by atoms with Crippen LogP contribution >= 0.6 is 23.2 Å². The van der Waals surface area contributed by atoms with Crippen LogP contribution < -0.4 is 0 Å². The summed E-state index contributed by atoms with van der Waals surface area (Å²) in [5.41, 5.74) is 0.813. The third kappa shape index (κ3) is 3.74. The van der Waals surface area contributed by atoms with E-state index in [-0.39, 0.29) is 16.6 Å². The molecule has 0 saturated heterocycles. The average Bonchev–Trinajstić information content (AvgIpc) is 2.45. The molecule has 2 rings (SSSR count). The van der Waals surface area contributed by atoms with E-state index >= 15 is 0 Å². The van der Waals surface area contributed by atoms with Crippen molar-refractivity contribution in [1.82, 2.24) is 9.29 Å². The quantitative estimate of drug-likeness (QED) is 0.778. The lowest BCUT2D eigenvalue weighted by Gasteiger charge is -2.21. The van der Waals surface area contributed by atoms with Crippen molar-refractivity contribution >= 4 is 33.2 Å². The molecule has 0 spiro atoms. The van der Waals surface area contributed by atoms with Crippen LogP contribution in [0.25, 0.3) is 0 Å². The van der Waals surface area contributed by atoms with Crippen molar-refractivity contribution in [1.29, 1.82) is 0 Å². The summed E-state index contributed by atoms with van der Waals surface area (Å²) in [5.74, 6) is 0. The van der Waals surface area contributed by atoms with Crippen LogP contribution in [-0.4, -0.2) is 24.3 Å². The maximum atomic E-state index is 12.6. The van der Waals surface area contributed by atoms with E-state index in [0.29, 0.717) is 11.6 Å². The molecule has 0 N–H and O–H groups in total. The Morgan fingerprint density at radius 2 is 1.95 bits per heavy atom. The summed E-state index contributed by atoms with van der Waals surface area (Å²) in [5, 5.41) is 0.544. The van der Waals surface area contributed by atoms with Gasteiger partial charge in [0.15, 0.2) is 0 Å². The zero-order valence-electron chi connectivity index (χ0n) is 11.3. The number of halogens is 2. The molecule has 21 heavy (non-hydrogen) atoms. The minimum Gasteiger partial charge on any atom is -0.243 e. The summed E-state index contributed by atoms with van der Waals surface area (Å²) >= 11 is 11.8. The summed E-state index contributed by atoms with van der Waals surface area (Å²) in [6.07, 6.45) is 1.45. The normalized spacial score (nSPS) is 11.8. The maximum absolute atomic E-state index is 12.6. The fraction of sp³-hybridized carbons (Fsp3) is 0.214. The van der Waals surface area contributed by atoms with Crippen LogP contribution in [0.3, 0.4) is 0 Å². The molecule has 2 aromatic rings. The highest BCUT2D eigenvalue weighted by atomic mass is 35.5. The molecule has 1 heterocycles. The van der Waals surface area contributed by atoms with Gasteiger partial charge in [-0.05, 0) is 29.8 Å². The molecule has 4 nitrogen and oxygen atoms in total. The first-order valence-corrected chi connectivity index (χ1v) is 8.50. The highest BCUT2D eigenvalue weighted by Crippen LogP contribution is 2.24. The molecule has 0 aliphatic carbocycles. The van der Waals surface area contributed by atoms with Crippen LogP contribution in [0.1, 0.15) is 12.5 Å². The van der Waals surface area contributed by atoms with Crippen LogP contribution in [0.4, 0.5) is 0 Å². The minimum atomic E-state index is -3.70. The Labute approximate surface area is 134 Å². The van der Waals surface area contributed by atoms with Gasteiger partial charge < -0.3 is 0 Å². The van der Waals surface area contributed by atoms with E-state index in [9.17, 15) is 8.42 Å². The summed E-state index contributed by atoms with van der Waals surface area (Å²) in [7, 11) is -3.70. The van der Waals surface area contributed by atoms with Crippen molar-refractivity contribution in [3.05, 3.63) is 58.3 Å². The zero-order chi connectivity index (χ0) is 15.5. The molecule has 0 bridgehead atoms. The van der Waals surface area contributed by atoms with Crippen molar-refractivity contribution in [2.75, 3.05) is 6.54 Å². The second kappa shape index (κ2) is 6.75. The SMILES string of the molecule is CCN(Cc1cccc(Cl)c1)S(=O)(=O)c1cccnc1Cl. The molecule has 7 heteroatoms. The number of hydrogen-bond acceptors (Lipinski definition) is 3. The summed E-state index contributed by atoms with van der Waals surface area (Å²) in [6, 6.07) is 10.1. The van der Waals surface area contributed by atoms with Crippen LogP contribution in [0, 0.1) is 0 Å². The molecule has 0 aliphatic heterocycles. The predicted molar refractivity (Wildman–Crippen MR) is 84.0 cm³/mol. The van der Waals surface area contributed by atoms with E-state index in [1.54, 1.807) is 31.2 Å². The number of pyridine rings is 1. The Bertz CT molecular complexity index is 735. The molecule has 112 valence electrons. The molecule has 0 radical (unpaired) electrons. The largest absolute Gasteiger partial charge is 0.246 e. The summed E-state index contributed by atoms with van der Waals surface area (Å²) in [4.78, 5) is 3.83. The standard InChI is InChI=1S/C14H14Cl2N2O2S/c1-2-18(10-11-5-3-6-12(15)9-11)21(19,20)13-7-4-8-17-14(13)16/h3-9H,2,10H2,1H3. The van der Waals surface area contributed by atoms with Crippen LogP contribution in [0.15, 0.2) is 47.5 Å². The lowest BCUT2D eigenvalue weighted by atomic mass is 10.2. The molecule has 0 fully saturated rings. The molecule has 0 aliphatic rings. The lowest BCUT2D eigenvalue weighted by molar-refractivity contribution is 0.423. The van der Waals surface area contributed by atoms with Gasteiger partial charge >= 0.3 is 0 Å². The van der Waals surface area contributed by atoms with Gasteiger partial charge in [-0.2, -0.15) is 4.31 Å².